The standard InChI is InChI=1S/C15H13N3O2S/c19-21(20,14-9-5-2-6-10-14)12-18-15(16-11-17-18)13-7-3-1-4-8-13/h1-11H,12H2. The molecule has 0 amide bonds. The minimum atomic E-state index is -3.45. The molecule has 0 saturated carbocycles. The van der Waals surface area contributed by atoms with E-state index < -0.39 is 9.84 Å². The maximum atomic E-state index is 12.4. The largest absolute Gasteiger partial charge is 0.230 e. The fraction of sp³-hybridized carbons (Fsp3) is 0.0667. The van der Waals surface area contributed by atoms with Gasteiger partial charge in [0.1, 0.15) is 12.2 Å². The van der Waals surface area contributed by atoms with E-state index in [9.17, 15) is 8.42 Å². The second-order valence-corrected chi connectivity index (χ2v) is 6.47. The van der Waals surface area contributed by atoms with Crippen LogP contribution >= 0.6 is 0 Å². The van der Waals surface area contributed by atoms with Crippen molar-refractivity contribution in [2.24, 2.45) is 0 Å². The van der Waals surface area contributed by atoms with Gasteiger partial charge >= 0.3 is 0 Å². The first-order valence-electron chi connectivity index (χ1n) is 6.38. The molecule has 5 nitrogen and oxygen atoms in total. The van der Waals surface area contributed by atoms with Crippen LogP contribution in [0.3, 0.4) is 0 Å². The molecule has 0 atom stereocenters. The van der Waals surface area contributed by atoms with Gasteiger partial charge in [-0.1, -0.05) is 48.5 Å². The van der Waals surface area contributed by atoms with E-state index in [1.807, 2.05) is 30.3 Å². The van der Waals surface area contributed by atoms with Crippen molar-refractivity contribution in [2.45, 2.75) is 10.8 Å². The molecule has 0 radical (unpaired) electrons. The molecule has 1 aromatic heterocycles. The Morgan fingerprint density at radius 1 is 0.905 bits per heavy atom. The third-order valence-electron chi connectivity index (χ3n) is 3.04. The summed E-state index contributed by atoms with van der Waals surface area (Å²) in [6.07, 6.45) is 1.36. The second kappa shape index (κ2) is 5.49. The Labute approximate surface area is 122 Å². The molecule has 0 N–H and O–H groups in total. The van der Waals surface area contributed by atoms with Gasteiger partial charge in [-0.3, -0.25) is 0 Å². The summed E-state index contributed by atoms with van der Waals surface area (Å²) in [6.45, 7) is 0. The Morgan fingerprint density at radius 2 is 1.52 bits per heavy atom. The van der Waals surface area contributed by atoms with Gasteiger partial charge in [0.25, 0.3) is 0 Å². The first kappa shape index (κ1) is 13.5. The topological polar surface area (TPSA) is 64.8 Å². The molecule has 1 heterocycles. The lowest BCUT2D eigenvalue weighted by atomic mass is 10.2. The van der Waals surface area contributed by atoms with E-state index >= 15 is 0 Å². The van der Waals surface area contributed by atoms with Gasteiger partial charge in [-0.15, -0.1) is 0 Å². The van der Waals surface area contributed by atoms with Crippen molar-refractivity contribution in [1.82, 2.24) is 14.8 Å². The molecule has 0 bridgehead atoms. The Bertz CT molecular complexity index is 828. The second-order valence-electron chi connectivity index (χ2n) is 4.51. The predicted molar refractivity (Wildman–Crippen MR) is 79.1 cm³/mol. The Morgan fingerprint density at radius 3 is 2.19 bits per heavy atom. The molecule has 3 rings (SSSR count). The number of rotatable bonds is 4. The molecule has 0 spiro atoms. The van der Waals surface area contributed by atoms with Crippen LogP contribution in [0, 0.1) is 0 Å². The third-order valence-corrected chi connectivity index (χ3v) is 4.62. The Balaban J connectivity index is 1.96. The Kier molecular flexibility index (Phi) is 3.53. The minimum Gasteiger partial charge on any atom is -0.230 e. The van der Waals surface area contributed by atoms with Gasteiger partial charge in [0.2, 0.25) is 0 Å². The average molecular weight is 299 g/mol. The lowest BCUT2D eigenvalue weighted by molar-refractivity contribution is 0.576. The maximum absolute atomic E-state index is 12.4. The first-order valence-corrected chi connectivity index (χ1v) is 8.03. The summed E-state index contributed by atoms with van der Waals surface area (Å²) >= 11 is 0. The van der Waals surface area contributed by atoms with Crippen molar-refractivity contribution in [3.8, 4) is 11.4 Å². The molecular weight excluding hydrogens is 286 g/mol. The normalized spacial score (nSPS) is 11.4. The summed E-state index contributed by atoms with van der Waals surface area (Å²) in [6, 6.07) is 17.7. The monoisotopic (exact) mass is 299 g/mol. The van der Waals surface area contributed by atoms with E-state index in [4.69, 9.17) is 0 Å². The third kappa shape index (κ3) is 2.85. The lowest BCUT2D eigenvalue weighted by Gasteiger charge is -2.07. The van der Waals surface area contributed by atoms with E-state index in [0.29, 0.717) is 5.82 Å². The fourth-order valence-corrected chi connectivity index (χ4v) is 3.26. The van der Waals surface area contributed by atoms with Gasteiger partial charge in [0, 0.05) is 5.56 Å². The van der Waals surface area contributed by atoms with Gasteiger partial charge in [-0.2, -0.15) is 5.10 Å². The van der Waals surface area contributed by atoms with Crippen LogP contribution in [0.5, 0.6) is 0 Å². The maximum Gasteiger partial charge on any atom is 0.198 e. The predicted octanol–water partition coefficient (Wildman–Crippen LogP) is 2.38. The van der Waals surface area contributed by atoms with Crippen LogP contribution in [0.15, 0.2) is 71.9 Å². The van der Waals surface area contributed by atoms with Gasteiger partial charge in [-0.25, -0.2) is 18.1 Å². The van der Waals surface area contributed by atoms with Crippen molar-refractivity contribution >= 4 is 9.84 Å². The molecule has 0 unspecified atom stereocenters. The van der Waals surface area contributed by atoms with Crippen LogP contribution in [0.4, 0.5) is 0 Å². The van der Waals surface area contributed by atoms with Crippen molar-refractivity contribution in [1.29, 1.82) is 0 Å². The number of hydrogen-bond donors (Lipinski definition) is 0. The molecule has 106 valence electrons. The molecule has 3 aromatic rings. The van der Waals surface area contributed by atoms with Crippen LogP contribution in [0.2, 0.25) is 0 Å². The lowest BCUT2D eigenvalue weighted by Crippen LogP contribution is -2.13. The molecule has 0 aliphatic carbocycles. The summed E-state index contributed by atoms with van der Waals surface area (Å²) in [5, 5.41) is 4.03. The molecule has 0 aliphatic heterocycles. The van der Waals surface area contributed by atoms with Crippen LogP contribution in [-0.2, 0) is 15.7 Å². The van der Waals surface area contributed by atoms with Crippen molar-refractivity contribution < 1.29 is 8.42 Å². The van der Waals surface area contributed by atoms with Gasteiger partial charge in [0.05, 0.1) is 4.90 Å². The zero-order valence-corrected chi connectivity index (χ0v) is 11.9. The zero-order valence-electron chi connectivity index (χ0n) is 11.1. The molecule has 21 heavy (non-hydrogen) atoms. The van der Waals surface area contributed by atoms with E-state index in [2.05, 4.69) is 10.1 Å². The molecule has 0 fully saturated rings. The summed E-state index contributed by atoms with van der Waals surface area (Å²) in [5.74, 6) is 0.302. The zero-order chi connectivity index (χ0) is 14.7. The summed E-state index contributed by atoms with van der Waals surface area (Å²) in [7, 11) is -3.45. The SMILES string of the molecule is O=S(=O)(Cn1ncnc1-c1ccccc1)c1ccccc1. The van der Waals surface area contributed by atoms with E-state index in [1.54, 1.807) is 30.3 Å². The number of nitrogens with zero attached hydrogens (tertiary/aromatic N) is 3. The van der Waals surface area contributed by atoms with Crippen LogP contribution in [-0.4, -0.2) is 23.2 Å². The van der Waals surface area contributed by atoms with Crippen molar-refractivity contribution in [3.63, 3.8) is 0 Å². The van der Waals surface area contributed by atoms with Gasteiger partial charge in [-0.05, 0) is 12.1 Å². The summed E-state index contributed by atoms with van der Waals surface area (Å²) in [4.78, 5) is 4.43. The first-order chi connectivity index (χ1) is 10.2. The van der Waals surface area contributed by atoms with Crippen molar-refractivity contribution in [2.75, 3.05) is 0 Å². The van der Waals surface area contributed by atoms with E-state index in [-0.39, 0.29) is 10.8 Å². The van der Waals surface area contributed by atoms with Crippen LogP contribution in [0.25, 0.3) is 11.4 Å². The minimum absolute atomic E-state index is 0.235. The van der Waals surface area contributed by atoms with E-state index in [1.165, 1.54) is 11.0 Å². The highest BCUT2D eigenvalue weighted by atomic mass is 32.2. The average Bonchev–Trinajstić information content (AvgIpc) is 2.96. The number of benzene rings is 2. The molecule has 6 heteroatoms. The highest BCUT2D eigenvalue weighted by Gasteiger charge is 2.18. The molecule has 0 saturated heterocycles. The highest BCUT2D eigenvalue weighted by molar-refractivity contribution is 7.90. The molecule has 0 aliphatic rings. The van der Waals surface area contributed by atoms with Gasteiger partial charge in [0.15, 0.2) is 15.7 Å². The summed E-state index contributed by atoms with van der Waals surface area (Å²) in [5.41, 5.74) is 0.832. The number of sulfone groups is 1. The van der Waals surface area contributed by atoms with Crippen LogP contribution in [0.1, 0.15) is 0 Å². The Hall–Kier alpha value is -2.47. The fourth-order valence-electron chi connectivity index (χ4n) is 2.03. The summed E-state index contributed by atoms with van der Waals surface area (Å²) < 4.78 is 26.2. The number of aromatic nitrogens is 3. The van der Waals surface area contributed by atoms with Crippen LogP contribution < -0.4 is 0 Å². The molecular formula is C15H13N3O2S. The number of hydrogen-bond acceptors (Lipinski definition) is 4. The quantitative estimate of drug-likeness (QED) is 0.742. The molecule has 2 aromatic carbocycles. The van der Waals surface area contributed by atoms with E-state index in [0.717, 1.165) is 5.56 Å². The van der Waals surface area contributed by atoms with Gasteiger partial charge < -0.3 is 0 Å². The smallest absolute Gasteiger partial charge is 0.198 e. The highest BCUT2D eigenvalue weighted by Crippen LogP contribution is 2.18. The van der Waals surface area contributed by atoms with Crippen molar-refractivity contribution in [3.05, 3.63) is 67.0 Å².